The van der Waals surface area contributed by atoms with Gasteiger partial charge in [-0.3, -0.25) is 4.90 Å². The first-order chi connectivity index (χ1) is 6.68. The molecule has 74 valence electrons. The van der Waals surface area contributed by atoms with Crippen LogP contribution < -0.4 is 4.90 Å². The zero-order valence-electron chi connectivity index (χ0n) is 7.90. The van der Waals surface area contributed by atoms with Crippen LogP contribution >= 0.6 is 22.6 Å². The van der Waals surface area contributed by atoms with E-state index in [9.17, 15) is 4.79 Å². The van der Waals surface area contributed by atoms with Crippen LogP contribution in [0.3, 0.4) is 0 Å². The molecule has 1 aromatic carbocycles. The summed E-state index contributed by atoms with van der Waals surface area (Å²) in [7, 11) is 1.83. The van der Waals surface area contributed by atoms with Crippen molar-refractivity contribution in [3.63, 3.8) is 0 Å². The van der Waals surface area contributed by atoms with E-state index in [1.54, 1.807) is 4.90 Å². The van der Waals surface area contributed by atoms with Crippen molar-refractivity contribution in [3.8, 4) is 0 Å². The van der Waals surface area contributed by atoms with Gasteiger partial charge >= 0.3 is 6.03 Å². The lowest BCUT2D eigenvalue weighted by Crippen LogP contribution is -2.29. The summed E-state index contributed by atoms with van der Waals surface area (Å²) in [5.41, 5.74) is 0.992. The zero-order valence-corrected chi connectivity index (χ0v) is 10.1. The molecule has 1 fully saturated rings. The van der Waals surface area contributed by atoms with E-state index in [-0.39, 0.29) is 6.03 Å². The third-order valence-electron chi connectivity index (χ3n) is 2.34. The number of carbonyl (C=O) groups is 1. The molecular weight excluding hydrogens is 291 g/mol. The molecule has 0 bridgehead atoms. The summed E-state index contributed by atoms with van der Waals surface area (Å²) in [5, 5.41) is 0. The van der Waals surface area contributed by atoms with Gasteiger partial charge in [0.1, 0.15) is 0 Å². The molecule has 2 amide bonds. The highest BCUT2D eigenvalue weighted by molar-refractivity contribution is 14.1. The standard InChI is InChI=1S/C10H11IN2O/c1-12-5-6-13(10(12)14)9-4-2-3-8(11)7-9/h2-4,7H,5-6H2,1H3. The molecule has 0 radical (unpaired) electrons. The van der Waals surface area contributed by atoms with Crippen molar-refractivity contribution < 1.29 is 4.79 Å². The van der Waals surface area contributed by atoms with Crippen LogP contribution in [0.1, 0.15) is 0 Å². The molecule has 0 aromatic heterocycles. The van der Waals surface area contributed by atoms with E-state index in [0.717, 1.165) is 22.3 Å². The van der Waals surface area contributed by atoms with Crippen molar-refractivity contribution in [1.82, 2.24) is 4.90 Å². The van der Waals surface area contributed by atoms with Gasteiger partial charge in [0.2, 0.25) is 0 Å². The first kappa shape index (κ1) is 9.76. The maximum absolute atomic E-state index is 11.7. The van der Waals surface area contributed by atoms with E-state index in [1.807, 2.05) is 36.2 Å². The maximum atomic E-state index is 11.7. The van der Waals surface area contributed by atoms with E-state index >= 15 is 0 Å². The number of likely N-dealkylation sites (N-methyl/N-ethyl adjacent to an activating group) is 1. The molecular formula is C10H11IN2O. The van der Waals surface area contributed by atoms with Gasteiger partial charge < -0.3 is 4.90 Å². The average Bonchev–Trinajstić information content (AvgIpc) is 2.48. The van der Waals surface area contributed by atoms with Gasteiger partial charge in [0.05, 0.1) is 0 Å². The fourth-order valence-electron chi connectivity index (χ4n) is 1.53. The van der Waals surface area contributed by atoms with Gasteiger partial charge in [-0.05, 0) is 40.8 Å². The van der Waals surface area contributed by atoms with E-state index in [4.69, 9.17) is 0 Å². The molecule has 0 unspecified atom stereocenters. The molecule has 1 aliphatic rings. The summed E-state index contributed by atoms with van der Waals surface area (Å²) >= 11 is 2.25. The van der Waals surface area contributed by atoms with Crippen LogP contribution in [0.15, 0.2) is 24.3 Å². The number of amides is 2. The third kappa shape index (κ3) is 1.70. The van der Waals surface area contributed by atoms with Crippen molar-refractivity contribution in [2.75, 3.05) is 25.0 Å². The number of carbonyl (C=O) groups excluding carboxylic acids is 1. The van der Waals surface area contributed by atoms with Gasteiger partial charge in [-0.25, -0.2) is 4.79 Å². The van der Waals surface area contributed by atoms with Gasteiger partial charge in [-0.15, -0.1) is 0 Å². The molecule has 0 atom stereocenters. The van der Waals surface area contributed by atoms with Crippen LogP contribution in [0.4, 0.5) is 10.5 Å². The van der Waals surface area contributed by atoms with Crippen molar-refractivity contribution in [1.29, 1.82) is 0 Å². The number of anilines is 1. The number of benzene rings is 1. The smallest absolute Gasteiger partial charge is 0.324 e. The van der Waals surface area contributed by atoms with Crippen LogP contribution in [-0.4, -0.2) is 31.1 Å². The lowest BCUT2D eigenvalue weighted by atomic mass is 10.3. The lowest BCUT2D eigenvalue weighted by Gasteiger charge is -2.15. The molecule has 4 heteroatoms. The zero-order chi connectivity index (χ0) is 10.1. The molecule has 1 aliphatic heterocycles. The third-order valence-corrected chi connectivity index (χ3v) is 3.01. The second-order valence-electron chi connectivity index (χ2n) is 3.34. The van der Waals surface area contributed by atoms with Crippen LogP contribution in [0.5, 0.6) is 0 Å². The quantitative estimate of drug-likeness (QED) is 0.729. The van der Waals surface area contributed by atoms with E-state index in [1.165, 1.54) is 0 Å². The molecule has 2 rings (SSSR count). The Labute approximate surface area is 96.8 Å². The van der Waals surface area contributed by atoms with Gasteiger partial charge in [-0.2, -0.15) is 0 Å². The Bertz CT molecular complexity index is 367. The van der Waals surface area contributed by atoms with Crippen molar-refractivity contribution in [2.45, 2.75) is 0 Å². The highest BCUT2D eigenvalue weighted by Gasteiger charge is 2.26. The molecule has 14 heavy (non-hydrogen) atoms. The molecule has 0 spiro atoms. The topological polar surface area (TPSA) is 23.6 Å². The minimum atomic E-state index is 0.0898. The molecule has 0 aliphatic carbocycles. The fraction of sp³-hybridized carbons (Fsp3) is 0.300. The molecule has 1 aromatic rings. The van der Waals surface area contributed by atoms with Crippen LogP contribution in [0, 0.1) is 3.57 Å². The summed E-state index contributed by atoms with van der Waals surface area (Å²) in [6, 6.07) is 8.08. The molecule has 1 heterocycles. The Morgan fingerprint density at radius 1 is 1.36 bits per heavy atom. The van der Waals surface area contributed by atoms with Crippen LogP contribution in [0.25, 0.3) is 0 Å². The monoisotopic (exact) mass is 302 g/mol. The van der Waals surface area contributed by atoms with E-state index in [2.05, 4.69) is 22.6 Å². The van der Waals surface area contributed by atoms with Crippen molar-refractivity contribution in [2.24, 2.45) is 0 Å². The number of hydrogen-bond donors (Lipinski definition) is 0. The number of halogens is 1. The lowest BCUT2D eigenvalue weighted by molar-refractivity contribution is 0.229. The summed E-state index contributed by atoms with van der Waals surface area (Å²) in [4.78, 5) is 15.2. The minimum Gasteiger partial charge on any atom is -0.326 e. The van der Waals surface area contributed by atoms with Gasteiger partial charge in [-0.1, -0.05) is 6.07 Å². The first-order valence-corrected chi connectivity index (χ1v) is 5.54. The highest BCUT2D eigenvalue weighted by Crippen LogP contribution is 2.21. The predicted molar refractivity (Wildman–Crippen MR) is 64.5 cm³/mol. The first-order valence-electron chi connectivity index (χ1n) is 4.46. The minimum absolute atomic E-state index is 0.0898. The molecule has 0 N–H and O–H groups in total. The van der Waals surface area contributed by atoms with E-state index < -0.39 is 0 Å². The van der Waals surface area contributed by atoms with Crippen LogP contribution in [0.2, 0.25) is 0 Å². The average molecular weight is 302 g/mol. The van der Waals surface area contributed by atoms with Crippen LogP contribution in [-0.2, 0) is 0 Å². The van der Waals surface area contributed by atoms with Crippen molar-refractivity contribution in [3.05, 3.63) is 27.8 Å². The number of urea groups is 1. The number of hydrogen-bond acceptors (Lipinski definition) is 1. The van der Waals surface area contributed by atoms with Gasteiger partial charge in [0, 0.05) is 29.4 Å². The van der Waals surface area contributed by atoms with Gasteiger partial charge in [0.15, 0.2) is 0 Å². The Morgan fingerprint density at radius 2 is 2.14 bits per heavy atom. The number of nitrogens with zero attached hydrogens (tertiary/aromatic N) is 2. The number of rotatable bonds is 1. The Hall–Kier alpha value is -0.780. The van der Waals surface area contributed by atoms with Crippen molar-refractivity contribution >= 4 is 34.3 Å². The van der Waals surface area contributed by atoms with Gasteiger partial charge in [0.25, 0.3) is 0 Å². The molecule has 1 saturated heterocycles. The fourth-order valence-corrected chi connectivity index (χ4v) is 2.06. The molecule has 0 saturated carbocycles. The second kappa shape index (κ2) is 3.76. The normalized spacial score (nSPS) is 16.6. The Balaban J connectivity index is 2.28. The summed E-state index contributed by atoms with van der Waals surface area (Å²) < 4.78 is 1.16. The summed E-state index contributed by atoms with van der Waals surface area (Å²) in [5.74, 6) is 0. The summed E-state index contributed by atoms with van der Waals surface area (Å²) in [6.07, 6.45) is 0. The summed E-state index contributed by atoms with van der Waals surface area (Å²) in [6.45, 7) is 1.60. The Kier molecular flexibility index (Phi) is 2.62. The largest absolute Gasteiger partial charge is 0.326 e. The second-order valence-corrected chi connectivity index (χ2v) is 4.58. The highest BCUT2D eigenvalue weighted by atomic mass is 127. The SMILES string of the molecule is CN1CCN(c2cccc(I)c2)C1=O. The van der Waals surface area contributed by atoms with E-state index in [0.29, 0.717) is 0 Å². The molecule has 3 nitrogen and oxygen atoms in total. The Morgan fingerprint density at radius 3 is 2.71 bits per heavy atom. The maximum Gasteiger partial charge on any atom is 0.324 e. The predicted octanol–water partition coefficient (Wildman–Crippen LogP) is 2.16.